The number of ether oxygens (including phenoxy) is 1. The molecule has 0 bridgehead atoms. The molecule has 0 aromatic heterocycles. The van der Waals surface area contributed by atoms with Crippen LogP contribution in [-0.2, 0) is 10.3 Å². The Balaban J connectivity index is 1.32. The second-order valence-electron chi connectivity index (χ2n) is 11.3. The van der Waals surface area contributed by atoms with Gasteiger partial charge in [-0.15, -0.1) is 0 Å². The van der Waals surface area contributed by atoms with Crippen molar-refractivity contribution in [1.82, 2.24) is 9.80 Å². The Kier molecular flexibility index (Phi) is 8.52. The maximum absolute atomic E-state index is 14.3. The van der Waals surface area contributed by atoms with Crippen LogP contribution in [0.3, 0.4) is 0 Å². The molecule has 41 heavy (non-hydrogen) atoms. The summed E-state index contributed by atoms with van der Waals surface area (Å²) in [7, 11) is 1.66. The van der Waals surface area contributed by atoms with Gasteiger partial charge in [-0.25, -0.2) is 13.8 Å². The summed E-state index contributed by atoms with van der Waals surface area (Å²) in [6.45, 7) is 6.11. The number of amides is 1. The molecule has 1 fully saturated rings. The van der Waals surface area contributed by atoms with Crippen molar-refractivity contribution in [1.29, 1.82) is 0 Å². The number of benzene rings is 3. The van der Waals surface area contributed by atoms with Gasteiger partial charge in [0.2, 0.25) is 0 Å². The lowest BCUT2D eigenvalue weighted by molar-refractivity contribution is -0.131. The number of hydrogen-bond donors (Lipinski definition) is 1. The van der Waals surface area contributed by atoms with Gasteiger partial charge in [-0.3, -0.25) is 9.69 Å². The molecule has 0 saturated carbocycles. The van der Waals surface area contributed by atoms with E-state index in [2.05, 4.69) is 17.0 Å². The minimum atomic E-state index is -1.49. The number of aliphatic hydroxyl groups excluding tert-OH is 1. The molecule has 3 aromatic carbocycles. The quantitative estimate of drug-likeness (QED) is 0.382. The minimum absolute atomic E-state index is 0.0817. The second-order valence-corrected chi connectivity index (χ2v) is 11.3. The molecule has 1 unspecified atom stereocenters. The lowest BCUT2D eigenvalue weighted by atomic mass is 9.82. The van der Waals surface area contributed by atoms with Gasteiger partial charge in [0.25, 0.3) is 5.91 Å². The van der Waals surface area contributed by atoms with E-state index in [1.54, 1.807) is 36.3 Å². The third kappa shape index (κ3) is 5.90. The topological polar surface area (TPSA) is 65.4 Å². The summed E-state index contributed by atoms with van der Waals surface area (Å²) in [5.41, 5.74) is 0.791. The molecule has 0 aliphatic carbocycles. The van der Waals surface area contributed by atoms with E-state index in [-0.39, 0.29) is 18.4 Å². The number of hydrogen-bond acceptors (Lipinski definition) is 5. The summed E-state index contributed by atoms with van der Waals surface area (Å²) in [5.74, 6) is 0.542. The van der Waals surface area contributed by atoms with E-state index in [9.17, 15) is 18.7 Å². The second kappa shape index (κ2) is 12.1. The fourth-order valence-corrected chi connectivity index (χ4v) is 6.01. The molecule has 6 nitrogen and oxygen atoms in total. The Bertz CT molecular complexity index is 1320. The van der Waals surface area contributed by atoms with Crippen LogP contribution in [-0.4, -0.2) is 66.0 Å². The zero-order valence-electron chi connectivity index (χ0n) is 23.8. The number of likely N-dealkylation sites (tertiary alicyclic amines) is 1. The monoisotopic (exact) mass is 561 g/mol. The molecule has 1 N–H and O–H groups in total. The normalized spacial score (nSPS) is 18.6. The van der Waals surface area contributed by atoms with E-state index in [4.69, 9.17) is 9.73 Å². The van der Waals surface area contributed by atoms with Crippen LogP contribution in [0.2, 0.25) is 0 Å². The molecule has 216 valence electrons. The Morgan fingerprint density at radius 1 is 0.902 bits per heavy atom. The molecule has 2 aliphatic rings. The van der Waals surface area contributed by atoms with Crippen LogP contribution in [0.15, 0.2) is 77.8 Å². The number of nitrogens with zero attached hydrogens (tertiary/aromatic N) is 3. The summed E-state index contributed by atoms with van der Waals surface area (Å²) >= 11 is 0. The van der Waals surface area contributed by atoms with Crippen LogP contribution in [0.1, 0.15) is 49.3 Å². The minimum Gasteiger partial charge on any atom is -0.497 e. The molecule has 0 spiro atoms. The van der Waals surface area contributed by atoms with Crippen LogP contribution in [0.25, 0.3) is 0 Å². The first-order chi connectivity index (χ1) is 19.7. The Morgan fingerprint density at radius 3 is 1.93 bits per heavy atom. The van der Waals surface area contributed by atoms with Gasteiger partial charge in [-0.05, 0) is 84.9 Å². The predicted molar refractivity (Wildman–Crippen MR) is 155 cm³/mol. The first-order valence-corrected chi connectivity index (χ1v) is 14.2. The number of aliphatic imine (C=N–C) groups is 1. The maximum atomic E-state index is 14.3. The number of aliphatic hydroxyl groups is 1. The zero-order valence-corrected chi connectivity index (χ0v) is 23.8. The Hall–Kier alpha value is -3.62. The van der Waals surface area contributed by atoms with Crippen LogP contribution < -0.4 is 4.74 Å². The number of amidine groups is 1. The highest BCUT2D eigenvalue weighted by molar-refractivity contribution is 6.11. The van der Waals surface area contributed by atoms with Gasteiger partial charge in [0, 0.05) is 12.5 Å². The van der Waals surface area contributed by atoms with Gasteiger partial charge in [0.05, 0.1) is 19.8 Å². The van der Waals surface area contributed by atoms with Gasteiger partial charge < -0.3 is 14.7 Å². The fraction of sp³-hybridized carbons (Fsp3) is 0.394. The van der Waals surface area contributed by atoms with Crippen molar-refractivity contribution in [3.05, 3.63) is 101 Å². The molecule has 8 heteroatoms. The lowest BCUT2D eigenvalue weighted by Gasteiger charge is -2.34. The van der Waals surface area contributed by atoms with Gasteiger partial charge in [-0.2, -0.15) is 0 Å². The summed E-state index contributed by atoms with van der Waals surface area (Å²) in [4.78, 5) is 23.0. The van der Waals surface area contributed by atoms with Crippen molar-refractivity contribution in [3.63, 3.8) is 0 Å². The highest BCUT2D eigenvalue weighted by Gasteiger charge is 2.51. The van der Waals surface area contributed by atoms with E-state index >= 15 is 0 Å². The van der Waals surface area contributed by atoms with E-state index in [0.29, 0.717) is 29.4 Å². The van der Waals surface area contributed by atoms with Crippen LogP contribution in [0.4, 0.5) is 8.78 Å². The van der Waals surface area contributed by atoms with Crippen LogP contribution in [0, 0.1) is 17.6 Å². The van der Waals surface area contributed by atoms with Gasteiger partial charge in [0.15, 0.2) is 5.54 Å². The molecule has 1 amide bonds. The molecule has 3 aromatic rings. The molecular formula is C33H37F2N3O3. The molecule has 0 radical (unpaired) electrons. The summed E-state index contributed by atoms with van der Waals surface area (Å²) in [6.07, 6.45) is 1.18. The first-order valence-electron chi connectivity index (χ1n) is 14.2. The third-order valence-electron chi connectivity index (χ3n) is 8.19. The molecule has 2 aliphatic heterocycles. The fourth-order valence-electron chi connectivity index (χ4n) is 6.01. The highest BCUT2D eigenvalue weighted by atomic mass is 19.1. The summed E-state index contributed by atoms with van der Waals surface area (Å²) in [5, 5.41) is 11.2. The largest absolute Gasteiger partial charge is 0.497 e. The van der Waals surface area contributed by atoms with E-state index in [1.165, 1.54) is 29.8 Å². The third-order valence-corrected chi connectivity index (χ3v) is 8.19. The number of piperidine rings is 1. The summed E-state index contributed by atoms with van der Waals surface area (Å²) < 4.78 is 33.0. The average molecular weight is 562 g/mol. The van der Waals surface area contributed by atoms with Crippen molar-refractivity contribution >= 4 is 11.7 Å². The molecule has 1 saturated heterocycles. The average Bonchev–Trinajstić information content (AvgIpc) is 3.27. The first kappa shape index (κ1) is 28.9. The number of methoxy groups -OCH3 is 1. The zero-order chi connectivity index (χ0) is 29.1. The van der Waals surface area contributed by atoms with E-state index < -0.39 is 23.3 Å². The van der Waals surface area contributed by atoms with Gasteiger partial charge in [-0.1, -0.05) is 50.2 Å². The number of rotatable bonds is 9. The summed E-state index contributed by atoms with van der Waals surface area (Å²) in [6, 6.07) is 19.6. The smallest absolute Gasteiger partial charge is 0.265 e. The van der Waals surface area contributed by atoms with Crippen molar-refractivity contribution in [2.24, 2.45) is 10.9 Å². The highest BCUT2D eigenvalue weighted by Crippen LogP contribution is 2.41. The molecular weight excluding hydrogens is 524 g/mol. The number of halogens is 2. The lowest BCUT2D eigenvalue weighted by Crippen LogP contribution is -2.48. The predicted octanol–water partition coefficient (Wildman–Crippen LogP) is 5.35. The molecule has 5 rings (SSSR count). The molecule has 1 atom stereocenters. The van der Waals surface area contributed by atoms with Crippen LogP contribution in [0.5, 0.6) is 5.75 Å². The van der Waals surface area contributed by atoms with Crippen molar-refractivity contribution in [2.45, 2.75) is 44.2 Å². The van der Waals surface area contributed by atoms with E-state index in [0.717, 1.165) is 31.7 Å². The molecule has 2 heterocycles. The SMILES string of the molecule is COc1ccc(C2CCN(CC(O)CN3C(=O)C(c4ccc(F)cc4)(c4ccc(F)cc4)N=C3C(C)C)CC2)cc1. The Labute approximate surface area is 240 Å². The van der Waals surface area contributed by atoms with E-state index in [1.807, 2.05) is 26.0 Å². The van der Waals surface area contributed by atoms with Crippen molar-refractivity contribution < 1.29 is 23.4 Å². The number of carbonyl (C=O) groups is 1. The van der Waals surface area contributed by atoms with Crippen molar-refractivity contribution in [2.75, 3.05) is 33.3 Å². The van der Waals surface area contributed by atoms with Gasteiger partial charge >= 0.3 is 0 Å². The standard InChI is InChI=1S/C33H37F2N3O3/c1-22(2)31-36-33(25-6-10-27(34)11-7-25,26-8-12-28(35)13-9-26)32(40)38(31)21-29(39)20-37-18-16-24(17-19-37)23-4-14-30(41-3)15-5-23/h4-15,22,24,29,39H,16-21H2,1-3H3. The number of β-amino-alcohol motifs (C(OH)–C–C–N with tert-alkyl or cyclic N) is 1. The van der Waals surface area contributed by atoms with Crippen molar-refractivity contribution in [3.8, 4) is 5.75 Å². The maximum Gasteiger partial charge on any atom is 0.265 e. The van der Waals surface area contributed by atoms with Gasteiger partial charge in [0.1, 0.15) is 23.2 Å². The Morgan fingerprint density at radius 2 is 1.44 bits per heavy atom. The van der Waals surface area contributed by atoms with Crippen LogP contribution >= 0.6 is 0 Å². The number of carbonyl (C=O) groups excluding carboxylic acids is 1.